The average molecular weight is 305 g/mol. The number of rotatable bonds is 3. The summed E-state index contributed by atoms with van der Waals surface area (Å²) >= 11 is 3.54. The van der Waals surface area contributed by atoms with Gasteiger partial charge in [0.25, 0.3) is 0 Å². The Morgan fingerprint density at radius 2 is 1.94 bits per heavy atom. The molecule has 3 heteroatoms. The smallest absolute Gasteiger partial charge is 0.141 e. The first-order valence-corrected chi connectivity index (χ1v) is 6.75. The van der Waals surface area contributed by atoms with Crippen LogP contribution in [0.1, 0.15) is 11.1 Å². The minimum absolute atomic E-state index is 0.579. The van der Waals surface area contributed by atoms with Gasteiger partial charge in [-0.2, -0.15) is 0 Å². The van der Waals surface area contributed by atoms with Crippen LogP contribution in [0.25, 0.3) is 0 Å². The zero-order chi connectivity index (χ0) is 12.4. The van der Waals surface area contributed by atoms with Gasteiger partial charge in [0.2, 0.25) is 0 Å². The van der Waals surface area contributed by atoms with Crippen molar-refractivity contribution in [2.75, 3.05) is 6.61 Å². The normalized spacial score (nSPS) is 12.9. The first-order valence-electron chi connectivity index (χ1n) is 5.95. The van der Waals surface area contributed by atoms with Gasteiger partial charge in [-0.1, -0.05) is 30.3 Å². The molecule has 0 aromatic heterocycles. The fraction of sp³-hybridized carbons (Fsp3) is 0.200. The third-order valence-corrected chi connectivity index (χ3v) is 3.63. The van der Waals surface area contributed by atoms with Crippen molar-refractivity contribution in [1.29, 1.82) is 0 Å². The highest BCUT2D eigenvalue weighted by atomic mass is 79.9. The Balaban J connectivity index is 1.83. The van der Waals surface area contributed by atoms with Crippen LogP contribution >= 0.6 is 15.9 Å². The molecule has 1 aliphatic rings. The van der Waals surface area contributed by atoms with E-state index in [9.17, 15) is 0 Å². The summed E-state index contributed by atoms with van der Waals surface area (Å²) in [7, 11) is 0. The van der Waals surface area contributed by atoms with Crippen LogP contribution in [0, 0.1) is 0 Å². The van der Waals surface area contributed by atoms with Crippen LogP contribution in [0.15, 0.2) is 46.9 Å². The minimum Gasteiger partial charge on any atom is -0.493 e. The van der Waals surface area contributed by atoms with Gasteiger partial charge < -0.3 is 9.47 Å². The molecule has 0 saturated heterocycles. The quantitative estimate of drug-likeness (QED) is 0.854. The molecule has 0 spiro atoms. The van der Waals surface area contributed by atoms with Gasteiger partial charge in [0.05, 0.1) is 11.1 Å². The van der Waals surface area contributed by atoms with Crippen molar-refractivity contribution in [3.8, 4) is 11.5 Å². The predicted molar refractivity (Wildman–Crippen MR) is 74.1 cm³/mol. The molecule has 2 aromatic rings. The van der Waals surface area contributed by atoms with Gasteiger partial charge in [0.15, 0.2) is 0 Å². The lowest BCUT2D eigenvalue weighted by Gasteiger charge is -2.11. The summed E-state index contributed by atoms with van der Waals surface area (Å²) in [5.41, 5.74) is 2.33. The molecule has 92 valence electrons. The summed E-state index contributed by atoms with van der Waals surface area (Å²) in [6.45, 7) is 1.32. The highest BCUT2D eigenvalue weighted by molar-refractivity contribution is 9.10. The second kappa shape index (κ2) is 5.02. The second-order valence-corrected chi connectivity index (χ2v) is 5.08. The number of hydrogen-bond acceptors (Lipinski definition) is 2. The first-order chi connectivity index (χ1) is 8.84. The molecule has 1 aliphatic heterocycles. The van der Waals surface area contributed by atoms with Crippen LogP contribution in [-0.4, -0.2) is 6.61 Å². The molecule has 0 unspecified atom stereocenters. The first kappa shape index (κ1) is 11.6. The molecule has 0 fully saturated rings. The molecule has 0 aliphatic carbocycles. The van der Waals surface area contributed by atoms with Gasteiger partial charge in [-0.3, -0.25) is 0 Å². The van der Waals surface area contributed by atoms with Gasteiger partial charge in [-0.25, -0.2) is 0 Å². The summed E-state index contributed by atoms with van der Waals surface area (Å²) in [6, 6.07) is 14.1. The van der Waals surface area contributed by atoms with E-state index in [1.54, 1.807) is 0 Å². The fourth-order valence-corrected chi connectivity index (χ4v) is 2.59. The number of halogens is 1. The third kappa shape index (κ3) is 2.23. The topological polar surface area (TPSA) is 18.5 Å². The summed E-state index contributed by atoms with van der Waals surface area (Å²) < 4.78 is 12.5. The Kier molecular flexibility index (Phi) is 3.24. The molecular formula is C15H13BrO2. The number of ether oxygens (including phenoxy) is 2. The van der Waals surface area contributed by atoms with Crippen LogP contribution in [0.4, 0.5) is 0 Å². The van der Waals surface area contributed by atoms with E-state index in [2.05, 4.69) is 28.1 Å². The Morgan fingerprint density at radius 1 is 1.11 bits per heavy atom. The highest BCUT2D eigenvalue weighted by Crippen LogP contribution is 2.39. The average Bonchev–Trinajstić information content (AvgIpc) is 2.87. The second-order valence-electron chi connectivity index (χ2n) is 4.23. The fourth-order valence-electron chi connectivity index (χ4n) is 2.10. The lowest BCUT2D eigenvalue weighted by atomic mass is 10.1. The monoisotopic (exact) mass is 304 g/mol. The van der Waals surface area contributed by atoms with Gasteiger partial charge in [0, 0.05) is 12.0 Å². The van der Waals surface area contributed by atoms with Crippen LogP contribution < -0.4 is 9.47 Å². The number of fused-ring (bicyclic) bond motifs is 1. The van der Waals surface area contributed by atoms with E-state index >= 15 is 0 Å². The highest BCUT2D eigenvalue weighted by Gasteiger charge is 2.19. The lowest BCUT2D eigenvalue weighted by Crippen LogP contribution is -1.98. The van der Waals surface area contributed by atoms with Crippen molar-refractivity contribution in [1.82, 2.24) is 0 Å². The molecule has 0 atom stereocenters. The van der Waals surface area contributed by atoms with Crippen molar-refractivity contribution in [2.45, 2.75) is 13.0 Å². The van der Waals surface area contributed by atoms with Crippen LogP contribution in [0.3, 0.4) is 0 Å². The Bertz CT molecular complexity index is 552. The van der Waals surface area contributed by atoms with Gasteiger partial charge in [-0.05, 0) is 33.6 Å². The van der Waals surface area contributed by atoms with Crippen molar-refractivity contribution in [3.63, 3.8) is 0 Å². The molecule has 3 rings (SSSR count). The third-order valence-electron chi connectivity index (χ3n) is 3.01. The largest absolute Gasteiger partial charge is 0.493 e. The SMILES string of the molecule is Brc1ccc2c(c1OCc1ccccc1)CCO2. The molecule has 0 bridgehead atoms. The zero-order valence-electron chi connectivity index (χ0n) is 9.86. The molecule has 0 amide bonds. The van der Waals surface area contributed by atoms with Crippen molar-refractivity contribution < 1.29 is 9.47 Å². The van der Waals surface area contributed by atoms with Crippen molar-refractivity contribution in [2.24, 2.45) is 0 Å². The van der Waals surface area contributed by atoms with Gasteiger partial charge in [0.1, 0.15) is 18.1 Å². The number of benzene rings is 2. The van der Waals surface area contributed by atoms with Crippen molar-refractivity contribution in [3.05, 3.63) is 58.1 Å². The Morgan fingerprint density at radius 3 is 2.78 bits per heavy atom. The molecule has 0 radical (unpaired) electrons. The van der Waals surface area contributed by atoms with E-state index in [0.29, 0.717) is 6.61 Å². The maximum Gasteiger partial charge on any atom is 0.141 e. The maximum atomic E-state index is 5.94. The summed E-state index contributed by atoms with van der Waals surface area (Å²) in [5.74, 6) is 1.86. The van der Waals surface area contributed by atoms with E-state index in [4.69, 9.17) is 9.47 Å². The minimum atomic E-state index is 0.579. The summed E-state index contributed by atoms with van der Waals surface area (Å²) in [4.78, 5) is 0. The van der Waals surface area contributed by atoms with Crippen LogP contribution in [0.2, 0.25) is 0 Å². The van der Waals surface area contributed by atoms with E-state index in [1.165, 1.54) is 11.1 Å². The summed E-state index contributed by atoms with van der Waals surface area (Å²) in [5, 5.41) is 0. The van der Waals surface area contributed by atoms with Crippen LogP contribution in [0.5, 0.6) is 11.5 Å². The van der Waals surface area contributed by atoms with E-state index < -0.39 is 0 Å². The molecular weight excluding hydrogens is 292 g/mol. The van der Waals surface area contributed by atoms with E-state index in [0.717, 1.165) is 29.0 Å². The molecule has 1 heterocycles. The number of hydrogen-bond donors (Lipinski definition) is 0. The Labute approximate surface area is 115 Å². The van der Waals surface area contributed by atoms with Gasteiger partial charge >= 0.3 is 0 Å². The van der Waals surface area contributed by atoms with Crippen molar-refractivity contribution >= 4 is 15.9 Å². The lowest BCUT2D eigenvalue weighted by molar-refractivity contribution is 0.301. The molecule has 18 heavy (non-hydrogen) atoms. The van der Waals surface area contributed by atoms with Crippen LogP contribution in [-0.2, 0) is 13.0 Å². The van der Waals surface area contributed by atoms with E-state index in [1.807, 2.05) is 30.3 Å². The maximum absolute atomic E-state index is 5.94. The zero-order valence-corrected chi connectivity index (χ0v) is 11.4. The summed E-state index contributed by atoms with van der Waals surface area (Å²) in [6.07, 6.45) is 0.916. The van der Waals surface area contributed by atoms with Gasteiger partial charge in [-0.15, -0.1) is 0 Å². The molecule has 0 N–H and O–H groups in total. The molecule has 2 aromatic carbocycles. The van der Waals surface area contributed by atoms with E-state index in [-0.39, 0.29) is 0 Å². The predicted octanol–water partition coefficient (Wildman–Crippen LogP) is 3.96. The standard InChI is InChI=1S/C15H13BrO2/c16-13-6-7-14-12(8-9-17-14)15(13)18-10-11-4-2-1-3-5-11/h1-7H,8-10H2. The Hall–Kier alpha value is -1.48. The molecule has 2 nitrogen and oxygen atoms in total. The molecule has 0 saturated carbocycles.